The molecule has 0 radical (unpaired) electrons. The summed E-state index contributed by atoms with van der Waals surface area (Å²) in [6, 6.07) is 12.3. The van der Waals surface area contributed by atoms with Gasteiger partial charge >= 0.3 is 0 Å². The molecule has 2 N–H and O–H groups in total. The van der Waals surface area contributed by atoms with Crippen molar-refractivity contribution in [2.24, 2.45) is 5.41 Å². The largest absolute Gasteiger partial charge is 0.324 e. The first-order chi connectivity index (χ1) is 21.0. The quantitative estimate of drug-likeness (QED) is 0.242. The predicted molar refractivity (Wildman–Crippen MR) is 184 cm³/mol. The number of likely N-dealkylation sites (tertiary alicyclic amines) is 2. The van der Waals surface area contributed by atoms with Crippen molar-refractivity contribution in [2.75, 3.05) is 43.4 Å². The number of piperidine rings is 2. The molecule has 44 heavy (non-hydrogen) atoms. The van der Waals surface area contributed by atoms with Crippen molar-refractivity contribution in [3.63, 3.8) is 0 Å². The average Bonchev–Trinajstić information content (AvgIpc) is 2.99. The van der Waals surface area contributed by atoms with Crippen LogP contribution in [0.2, 0.25) is 0 Å². The molecule has 2 heterocycles. The number of carbonyl (C=O) groups is 2. The van der Waals surface area contributed by atoms with E-state index in [2.05, 4.69) is 94.3 Å². The number of unbranched alkanes of at least 4 members (excludes halogenated alkanes) is 1. The Bertz CT molecular complexity index is 1250. The minimum atomic E-state index is -0.101. The molecule has 0 spiro atoms. The third kappa shape index (κ3) is 8.31. The van der Waals surface area contributed by atoms with Crippen LogP contribution in [-0.2, 0) is 9.59 Å². The highest BCUT2D eigenvalue weighted by Crippen LogP contribution is 2.34. The van der Waals surface area contributed by atoms with E-state index in [-0.39, 0.29) is 29.3 Å². The van der Waals surface area contributed by atoms with Crippen molar-refractivity contribution in [3.05, 3.63) is 58.7 Å². The number of para-hydroxylation sites is 2. The molecule has 2 fully saturated rings. The van der Waals surface area contributed by atoms with Gasteiger partial charge in [-0.15, -0.1) is 0 Å². The number of quaternary nitrogens is 1. The van der Waals surface area contributed by atoms with Crippen LogP contribution in [-0.4, -0.2) is 66.0 Å². The fourth-order valence-electron chi connectivity index (χ4n) is 7.76. The molecule has 0 saturated carbocycles. The number of amides is 2. The Labute approximate surface area is 267 Å². The second kappa shape index (κ2) is 15.1. The summed E-state index contributed by atoms with van der Waals surface area (Å²) in [6.07, 6.45) is 9.70. The van der Waals surface area contributed by atoms with E-state index >= 15 is 0 Å². The highest BCUT2D eigenvalue weighted by molar-refractivity contribution is 5.96. The zero-order chi connectivity index (χ0) is 31.9. The van der Waals surface area contributed by atoms with Crippen molar-refractivity contribution in [1.82, 2.24) is 4.90 Å². The summed E-state index contributed by atoms with van der Waals surface area (Å²) in [4.78, 5) is 30.1. The standard InChI is InChI=1S/C38H58N4O2/c1-8-9-24-42(25-13-11-21-33(42)37(44)40-35-30(4)18-15-19-31(35)5)26-22-38(6,7)27-41-23-12-10-20-32(41)36(43)39-34-28(2)16-14-17-29(34)3/h14-19,32-33H,8-13,20-27H2,1-7H3,(H-,39,40,43,44)/p+1. The van der Waals surface area contributed by atoms with Gasteiger partial charge in [0, 0.05) is 30.8 Å². The number of anilines is 2. The van der Waals surface area contributed by atoms with Gasteiger partial charge in [-0.05, 0) is 94.0 Å². The van der Waals surface area contributed by atoms with Crippen LogP contribution in [0, 0.1) is 33.1 Å². The molecule has 0 aromatic heterocycles. The van der Waals surface area contributed by atoms with E-state index < -0.39 is 0 Å². The maximum atomic E-state index is 14.0. The predicted octanol–water partition coefficient (Wildman–Crippen LogP) is 7.94. The summed E-state index contributed by atoms with van der Waals surface area (Å²) in [7, 11) is 0. The lowest BCUT2D eigenvalue weighted by atomic mass is 9.85. The number of hydrogen-bond acceptors (Lipinski definition) is 3. The van der Waals surface area contributed by atoms with Gasteiger partial charge in [0.2, 0.25) is 5.91 Å². The number of hydrogen-bond donors (Lipinski definition) is 2. The SMILES string of the molecule is CCCC[N+]1(CCC(C)(C)CN2CCCCC2C(=O)Nc2c(C)cccc2C)CCCCC1C(=O)Nc1c(C)cccc1C. The molecule has 2 aliphatic heterocycles. The topological polar surface area (TPSA) is 61.4 Å². The second-order valence-corrected chi connectivity index (χ2v) is 14.7. The molecule has 3 unspecified atom stereocenters. The Morgan fingerprint density at radius 1 is 0.818 bits per heavy atom. The summed E-state index contributed by atoms with van der Waals surface area (Å²) >= 11 is 0. The van der Waals surface area contributed by atoms with Gasteiger partial charge in [-0.1, -0.05) is 70.0 Å². The minimum Gasteiger partial charge on any atom is -0.324 e. The fraction of sp³-hybridized carbons (Fsp3) is 0.632. The van der Waals surface area contributed by atoms with E-state index in [0.717, 1.165) is 122 Å². The van der Waals surface area contributed by atoms with E-state index in [4.69, 9.17) is 0 Å². The van der Waals surface area contributed by atoms with Crippen molar-refractivity contribution in [1.29, 1.82) is 0 Å². The minimum absolute atomic E-state index is 0.0176. The van der Waals surface area contributed by atoms with Crippen LogP contribution in [0.25, 0.3) is 0 Å². The molecule has 2 aliphatic rings. The average molecular weight is 604 g/mol. The van der Waals surface area contributed by atoms with E-state index in [0.29, 0.717) is 0 Å². The lowest BCUT2D eigenvalue weighted by Gasteiger charge is -2.49. The fourth-order valence-corrected chi connectivity index (χ4v) is 7.76. The molecule has 0 aliphatic carbocycles. The van der Waals surface area contributed by atoms with Gasteiger partial charge in [0.25, 0.3) is 5.91 Å². The summed E-state index contributed by atoms with van der Waals surface area (Å²) in [5.41, 5.74) is 6.43. The molecule has 0 bridgehead atoms. The number of rotatable bonds is 12. The molecule has 6 heteroatoms. The van der Waals surface area contributed by atoms with Crippen molar-refractivity contribution >= 4 is 23.2 Å². The summed E-state index contributed by atoms with van der Waals surface area (Å²) in [5.74, 6) is 0.318. The maximum absolute atomic E-state index is 14.0. The molecule has 2 amide bonds. The number of carbonyl (C=O) groups excluding carboxylic acids is 2. The first-order valence-corrected chi connectivity index (χ1v) is 17.3. The van der Waals surface area contributed by atoms with Crippen molar-refractivity contribution < 1.29 is 14.1 Å². The Kier molecular flexibility index (Phi) is 11.7. The highest BCUT2D eigenvalue weighted by Gasteiger charge is 2.44. The van der Waals surface area contributed by atoms with E-state index in [1.54, 1.807) is 0 Å². The second-order valence-electron chi connectivity index (χ2n) is 14.7. The zero-order valence-electron chi connectivity index (χ0n) is 28.7. The molecule has 2 aromatic carbocycles. The van der Waals surface area contributed by atoms with Gasteiger partial charge < -0.3 is 15.1 Å². The smallest absolute Gasteiger partial charge is 0.282 e. The van der Waals surface area contributed by atoms with E-state index in [9.17, 15) is 9.59 Å². The van der Waals surface area contributed by atoms with Gasteiger partial charge in [-0.3, -0.25) is 14.5 Å². The number of aryl methyl sites for hydroxylation is 4. The Balaban J connectivity index is 1.48. The first kappa shape index (κ1) is 34.2. The third-order valence-corrected chi connectivity index (χ3v) is 10.5. The van der Waals surface area contributed by atoms with Crippen LogP contribution in [0.1, 0.15) is 101 Å². The molecule has 4 rings (SSSR count). The van der Waals surface area contributed by atoms with Crippen molar-refractivity contribution in [2.45, 2.75) is 118 Å². The first-order valence-electron chi connectivity index (χ1n) is 17.3. The molecular formula is C38H59N4O2+. The number of benzene rings is 2. The van der Waals surface area contributed by atoms with E-state index in [1.165, 1.54) is 6.42 Å². The lowest BCUT2D eigenvalue weighted by molar-refractivity contribution is -0.948. The number of nitrogens with one attached hydrogen (secondary N) is 2. The van der Waals surface area contributed by atoms with Gasteiger partial charge in [0.05, 0.1) is 25.7 Å². The van der Waals surface area contributed by atoms with Gasteiger partial charge in [0.1, 0.15) is 0 Å². The van der Waals surface area contributed by atoms with E-state index in [1.807, 2.05) is 6.07 Å². The molecular weight excluding hydrogens is 544 g/mol. The van der Waals surface area contributed by atoms with Gasteiger partial charge in [0.15, 0.2) is 6.04 Å². The van der Waals surface area contributed by atoms with Crippen molar-refractivity contribution in [3.8, 4) is 0 Å². The normalized spacial score (nSPS) is 22.9. The maximum Gasteiger partial charge on any atom is 0.282 e. The van der Waals surface area contributed by atoms with Crippen LogP contribution in [0.5, 0.6) is 0 Å². The lowest BCUT2D eigenvalue weighted by Crippen LogP contribution is -2.63. The molecule has 242 valence electrons. The Hall–Kier alpha value is -2.70. The van der Waals surface area contributed by atoms with Crippen LogP contribution < -0.4 is 10.6 Å². The van der Waals surface area contributed by atoms with Crippen LogP contribution in [0.4, 0.5) is 11.4 Å². The molecule has 2 saturated heterocycles. The molecule has 3 atom stereocenters. The molecule has 2 aromatic rings. The summed E-state index contributed by atoms with van der Waals surface area (Å²) in [5, 5.41) is 6.68. The van der Waals surface area contributed by atoms with Gasteiger partial charge in [-0.2, -0.15) is 0 Å². The zero-order valence-corrected chi connectivity index (χ0v) is 28.7. The van der Waals surface area contributed by atoms with Gasteiger partial charge in [-0.25, -0.2) is 0 Å². The van der Waals surface area contributed by atoms with Crippen LogP contribution >= 0.6 is 0 Å². The highest BCUT2D eigenvalue weighted by atomic mass is 16.2. The van der Waals surface area contributed by atoms with Crippen LogP contribution in [0.3, 0.4) is 0 Å². The summed E-state index contributed by atoms with van der Waals surface area (Å²) in [6.45, 7) is 20.3. The Morgan fingerprint density at radius 3 is 1.98 bits per heavy atom. The van der Waals surface area contributed by atoms with Crippen LogP contribution in [0.15, 0.2) is 36.4 Å². The third-order valence-electron chi connectivity index (χ3n) is 10.5. The molecule has 6 nitrogen and oxygen atoms in total. The summed E-state index contributed by atoms with van der Waals surface area (Å²) < 4.78 is 0.893. The number of nitrogens with zero attached hydrogens (tertiary/aromatic N) is 2. The monoisotopic (exact) mass is 603 g/mol. The Morgan fingerprint density at radius 2 is 1.39 bits per heavy atom.